The predicted molar refractivity (Wildman–Crippen MR) is 633 cm³/mol. The van der Waals surface area contributed by atoms with E-state index in [1.165, 1.54) is 76.1 Å². The summed E-state index contributed by atoms with van der Waals surface area (Å²) in [5.41, 5.74) is 5.75. The summed E-state index contributed by atoms with van der Waals surface area (Å²) in [6.07, 6.45) is 11.8. The first kappa shape index (κ1) is 134. The van der Waals surface area contributed by atoms with Gasteiger partial charge in [-0.3, -0.25) is 0 Å². The Bertz CT molecular complexity index is 4650. The summed E-state index contributed by atoms with van der Waals surface area (Å²) >= 11 is 0. The highest BCUT2D eigenvalue weighted by Crippen LogP contribution is 2.36. The van der Waals surface area contributed by atoms with Crippen LogP contribution in [0.15, 0.2) is 364 Å². The third-order valence-electron chi connectivity index (χ3n) is 19.2. The fourth-order valence-electron chi connectivity index (χ4n) is 12.5. The summed E-state index contributed by atoms with van der Waals surface area (Å²) in [6.45, 7) is 64.8. The maximum atomic E-state index is 4.30. The van der Waals surface area contributed by atoms with Gasteiger partial charge in [0.05, 0.1) is 0 Å². The van der Waals surface area contributed by atoms with Crippen molar-refractivity contribution < 1.29 is 0 Å². The number of rotatable bonds is 12. The van der Waals surface area contributed by atoms with E-state index in [4.69, 9.17) is 0 Å². The minimum Gasteiger partial charge on any atom is -0.218 e. The molecule has 0 unspecified atom stereocenters. The second-order valence-corrected chi connectivity index (χ2v) is 28.1. The van der Waals surface area contributed by atoms with E-state index in [2.05, 4.69) is 434 Å². The Morgan fingerprint density at radius 2 is 0.203 bits per heavy atom. The normalized spacial score (nSPS) is 9.15. The Balaban J connectivity index is -0.00000148. The van der Waals surface area contributed by atoms with Crippen LogP contribution in [0.1, 0.15) is 303 Å². The third-order valence-corrected chi connectivity index (χ3v) is 19.2. The number of hydrogen-bond acceptors (Lipinski definition) is 12. The lowest BCUT2D eigenvalue weighted by atomic mass is 10.1. The van der Waals surface area contributed by atoms with Gasteiger partial charge >= 0.3 is 0 Å². The first-order valence-electron chi connectivity index (χ1n) is 53.7. The molecule has 0 saturated carbocycles. The molecule has 19 rings (SSSR count). The van der Waals surface area contributed by atoms with Crippen molar-refractivity contribution in [3.63, 3.8) is 0 Å². The molecule has 0 N–H and O–H groups in total. The Morgan fingerprint density at radius 1 is 0.119 bits per heavy atom. The molecule has 12 nitrogen and oxygen atoms in total. The van der Waals surface area contributed by atoms with Crippen molar-refractivity contribution >= 4 is 53.9 Å². The van der Waals surface area contributed by atoms with Crippen LogP contribution in [0.5, 0.6) is 0 Å². The monoisotopic (exact) mass is 1920 g/mol. The van der Waals surface area contributed by atoms with Crippen molar-refractivity contribution in [1.29, 1.82) is 0 Å². The highest BCUT2D eigenvalue weighted by molar-refractivity contribution is 5.85. The molecule has 0 bridgehead atoms. The zero-order valence-corrected chi connectivity index (χ0v) is 94.2. The van der Waals surface area contributed by atoms with E-state index in [0.29, 0.717) is 0 Å². The molecule has 4 aromatic heterocycles. The molecule has 18 aromatic rings. The van der Waals surface area contributed by atoms with Crippen molar-refractivity contribution in [3.05, 3.63) is 445 Å². The molecule has 0 radical (unpaired) electrons. The Kier molecular flexibility index (Phi) is 87.2. The maximum absolute atomic E-state index is 4.30. The third kappa shape index (κ3) is 56.6. The van der Waals surface area contributed by atoms with Crippen molar-refractivity contribution in [2.75, 3.05) is 0 Å². The average molecular weight is 1920 g/mol. The van der Waals surface area contributed by atoms with Gasteiger partial charge < -0.3 is 0 Å². The fraction of sp³-hybridized carbons (Fsp3) is 0.344. The van der Waals surface area contributed by atoms with E-state index in [-0.39, 0.29) is 0 Å². The summed E-state index contributed by atoms with van der Waals surface area (Å²) in [7, 11) is 0. The van der Waals surface area contributed by atoms with Gasteiger partial charge in [-0.25, -0.2) is 59.8 Å². The van der Waals surface area contributed by atoms with Gasteiger partial charge in [-0.15, -0.1) is 0 Å². The molecular weight excluding hydrogens is 1740 g/mol. The molecule has 1 aliphatic rings. The molecule has 0 atom stereocenters. The van der Waals surface area contributed by atoms with E-state index in [1.54, 1.807) is 0 Å². The molecule has 14 aromatic carbocycles. The summed E-state index contributed by atoms with van der Waals surface area (Å²) in [5.74, 6) is 11.0. The van der Waals surface area contributed by atoms with Crippen molar-refractivity contribution in [1.82, 2.24) is 59.8 Å². The predicted octanol–water partition coefficient (Wildman–Crippen LogP) is 37.3. The van der Waals surface area contributed by atoms with Gasteiger partial charge in [0.2, 0.25) is 0 Å². The van der Waals surface area contributed by atoms with Crippen LogP contribution in [0.2, 0.25) is 0 Å². The lowest BCUT2D eigenvalue weighted by molar-refractivity contribution is 0.771. The van der Waals surface area contributed by atoms with Gasteiger partial charge in [0, 0.05) is 77.0 Å². The van der Waals surface area contributed by atoms with Crippen molar-refractivity contribution in [2.24, 2.45) is 0 Å². The minimum absolute atomic E-state index is 0.891. The van der Waals surface area contributed by atoms with Crippen LogP contribution < -0.4 is 0 Å². The van der Waals surface area contributed by atoms with Crippen LogP contribution in [0.3, 0.4) is 0 Å². The standard InChI is InChI=1S/C13H10.5C10H8.4C9H15N3.2C6H6.10C2H6/c1-3-7-12-10(5-1)9-11-6-2-4-8-13(11)12;5*1-2-6-10-8-4-3-7-9(10)5-1;4*1-4-7-10-8(5-2)12-9(6-3)11-7;2*1-2-4-6-5-3-1;10*1-2/h1-8H,9H2;5*1-8H;4*4-6H2,1-3H3;2*1-6H;10*1-2H3. The van der Waals surface area contributed by atoms with Gasteiger partial charge in [0.15, 0.2) is 0 Å². The lowest BCUT2D eigenvalue weighted by Crippen LogP contribution is -2.05. The van der Waals surface area contributed by atoms with Gasteiger partial charge in [-0.05, 0) is 82.5 Å². The molecule has 143 heavy (non-hydrogen) atoms. The quantitative estimate of drug-likeness (QED) is 0.114. The average Bonchev–Trinajstić information content (AvgIpc) is 1.65. The molecule has 0 amide bonds. The molecule has 0 aliphatic heterocycles. The van der Waals surface area contributed by atoms with Crippen LogP contribution in [0, 0.1) is 0 Å². The molecular formula is C131H182N12. The van der Waals surface area contributed by atoms with Gasteiger partial charge in [-0.1, -0.05) is 586 Å². The summed E-state index contributed by atoms with van der Waals surface area (Å²) in [4.78, 5) is 51.6. The second kappa shape index (κ2) is 93.4. The van der Waals surface area contributed by atoms with Crippen LogP contribution in [-0.4, -0.2) is 59.8 Å². The zero-order chi connectivity index (χ0) is 107. The second-order valence-electron chi connectivity index (χ2n) is 28.1. The number of aryl methyl sites for hydroxylation is 12. The van der Waals surface area contributed by atoms with E-state index in [9.17, 15) is 0 Å². The number of aromatic nitrogens is 12. The highest BCUT2D eigenvalue weighted by atomic mass is 15.0. The van der Waals surface area contributed by atoms with Gasteiger partial charge in [0.25, 0.3) is 0 Å². The lowest BCUT2D eigenvalue weighted by Gasteiger charge is -2.01. The molecule has 766 valence electrons. The largest absolute Gasteiger partial charge is 0.218 e. The van der Waals surface area contributed by atoms with E-state index >= 15 is 0 Å². The SMILES string of the molecule is CC.CC.CC.CC.CC.CC.CC.CC.CC.CC.CCc1nc(CC)nc(CC)n1.CCc1nc(CC)nc(CC)n1.CCc1nc(CC)nc(CC)n1.CCc1nc(CC)nc(CC)n1.c1ccc2c(c1)Cc1ccccc1-2.c1ccc2ccccc2c1.c1ccc2ccccc2c1.c1ccc2ccccc2c1.c1ccc2ccccc2c1.c1ccc2ccccc2c1.c1ccccc1.c1ccccc1. The number of hydrogen-bond donors (Lipinski definition) is 0. The minimum atomic E-state index is 0.891. The van der Waals surface area contributed by atoms with E-state index < -0.39 is 0 Å². The van der Waals surface area contributed by atoms with Gasteiger partial charge in [0.1, 0.15) is 69.9 Å². The van der Waals surface area contributed by atoms with Crippen LogP contribution in [0.25, 0.3) is 65.0 Å². The maximum Gasteiger partial charge on any atom is 0.132 e. The number of benzene rings is 14. The first-order valence-corrected chi connectivity index (χ1v) is 53.7. The van der Waals surface area contributed by atoms with Gasteiger partial charge in [-0.2, -0.15) is 0 Å². The molecule has 4 heterocycles. The Labute approximate surface area is 869 Å². The number of nitrogens with zero attached hydrogens (tertiary/aromatic N) is 12. The molecule has 1 aliphatic carbocycles. The topological polar surface area (TPSA) is 155 Å². The Morgan fingerprint density at radius 3 is 0.294 bits per heavy atom. The zero-order valence-electron chi connectivity index (χ0n) is 94.2. The molecule has 0 spiro atoms. The number of fused-ring (bicyclic) bond motifs is 8. The van der Waals surface area contributed by atoms with Crippen LogP contribution >= 0.6 is 0 Å². The van der Waals surface area contributed by atoms with Crippen molar-refractivity contribution in [2.45, 2.75) is 305 Å². The van der Waals surface area contributed by atoms with Crippen LogP contribution in [0.4, 0.5) is 0 Å². The summed E-state index contributed by atoms with van der Waals surface area (Å²) < 4.78 is 0. The fourth-order valence-corrected chi connectivity index (χ4v) is 12.5. The van der Waals surface area contributed by atoms with Crippen molar-refractivity contribution in [3.8, 4) is 11.1 Å². The summed E-state index contributed by atoms with van der Waals surface area (Å²) in [6, 6.07) is 125. The summed E-state index contributed by atoms with van der Waals surface area (Å²) in [5, 5.41) is 13.1. The van der Waals surface area contributed by atoms with Crippen LogP contribution in [-0.2, 0) is 83.5 Å². The van der Waals surface area contributed by atoms with E-state index in [1.807, 2.05) is 211 Å². The smallest absolute Gasteiger partial charge is 0.132 e. The molecule has 0 fully saturated rings. The molecule has 0 saturated heterocycles. The molecule has 12 heteroatoms. The van der Waals surface area contributed by atoms with E-state index in [0.717, 1.165) is 153 Å². The first-order chi connectivity index (χ1) is 70.5. The highest BCUT2D eigenvalue weighted by Gasteiger charge is 2.16. The Hall–Kier alpha value is -13.6.